The zero-order valence-electron chi connectivity index (χ0n) is 9.14. The number of rotatable bonds is 5. The summed E-state index contributed by atoms with van der Waals surface area (Å²) in [4.78, 5) is 11.4. The van der Waals surface area contributed by atoms with Gasteiger partial charge < -0.3 is 4.74 Å². The van der Waals surface area contributed by atoms with Crippen molar-refractivity contribution >= 4 is 16.0 Å². The monoisotopic (exact) mass is 261 g/mol. The van der Waals surface area contributed by atoms with Crippen molar-refractivity contribution in [2.75, 3.05) is 19.4 Å². The third kappa shape index (κ3) is 5.41. The van der Waals surface area contributed by atoms with Crippen molar-refractivity contribution in [1.29, 1.82) is 0 Å². The Morgan fingerprint density at radius 3 is 2.47 bits per heavy atom. The molecule has 0 saturated heterocycles. The van der Waals surface area contributed by atoms with E-state index in [4.69, 9.17) is 4.74 Å². The summed E-state index contributed by atoms with van der Waals surface area (Å²) in [5, 5.41) is 0. The minimum absolute atomic E-state index is 0.00572. The van der Waals surface area contributed by atoms with Gasteiger partial charge in [0.05, 0.1) is 11.8 Å². The molecular formula is C10H12FNO4S. The van der Waals surface area contributed by atoms with Crippen LogP contribution in [0.5, 0.6) is 0 Å². The van der Waals surface area contributed by atoms with Crippen LogP contribution >= 0.6 is 0 Å². The highest BCUT2D eigenvalue weighted by Crippen LogP contribution is 2.04. The summed E-state index contributed by atoms with van der Waals surface area (Å²) in [7, 11) is -3.28. The largest absolute Gasteiger partial charge is 0.461 e. The van der Waals surface area contributed by atoms with Crippen LogP contribution in [0, 0.1) is 5.82 Å². The summed E-state index contributed by atoms with van der Waals surface area (Å²) in [5.41, 5.74) is 0.214. The van der Waals surface area contributed by atoms with Crippen molar-refractivity contribution < 1.29 is 22.3 Å². The van der Waals surface area contributed by atoms with Gasteiger partial charge in [-0.15, -0.1) is 0 Å². The second-order valence-corrected chi connectivity index (χ2v) is 5.14. The lowest BCUT2D eigenvalue weighted by Gasteiger charge is -2.05. The number of hydrogen-bond acceptors (Lipinski definition) is 4. The summed E-state index contributed by atoms with van der Waals surface area (Å²) in [6.07, 6.45) is 1.01. The second-order valence-electron chi connectivity index (χ2n) is 3.31. The van der Waals surface area contributed by atoms with Gasteiger partial charge in [-0.25, -0.2) is 22.3 Å². The highest BCUT2D eigenvalue weighted by molar-refractivity contribution is 7.88. The fourth-order valence-electron chi connectivity index (χ4n) is 1.04. The van der Waals surface area contributed by atoms with Crippen LogP contribution in [-0.2, 0) is 14.8 Å². The van der Waals surface area contributed by atoms with Gasteiger partial charge in [-0.2, -0.15) is 0 Å². The van der Waals surface area contributed by atoms with E-state index in [0.717, 1.165) is 18.4 Å². The van der Waals surface area contributed by atoms with Gasteiger partial charge in [0, 0.05) is 6.54 Å². The number of sulfonamides is 1. The van der Waals surface area contributed by atoms with Crippen LogP contribution in [0.25, 0.3) is 0 Å². The number of ether oxygens (including phenoxy) is 1. The highest BCUT2D eigenvalue weighted by atomic mass is 32.2. The molecule has 1 aromatic rings. The Balaban J connectivity index is 2.38. The maximum atomic E-state index is 12.6. The average molecular weight is 261 g/mol. The van der Waals surface area contributed by atoms with Gasteiger partial charge >= 0.3 is 5.97 Å². The van der Waals surface area contributed by atoms with Gasteiger partial charge in [0.1, 0.15) is 12.4 Å². The van der Waals surface area contributed by atoms with Crippen molar-refractivity contribution in [1.82, 2.24) is 4.72 Å². The van der Waals surface area contributed by atoms with Crippen LogP contribution in [0.15, 0.2) is 24.3 Å². The third-order valence-electron chi connectivity index (χ3n) is 1.78. The SMILES string of the molecule is CS(=O)(=O)NCCOC(=O)c1ccc(F)cc1. The summed E-state index contributed by atoms with van der Waals surface area (Å²) in [5.74, 6) is -1.07. The summed E-state index contributed by atoms with van der Waals surface area (Å²) in [6, 6.07) is 4.88. The van der Waals surface area contributed by atoms with Crippen LogP contribution < -0.4 is 4.72 Å². The van der Waals surface area contributed by atoms with Gasteiger partial charge in [0.15, 0.2) is 0 Å². The third-order valence-corrected chi connectivity index (χ3v) is 2.51. The van der Waals surface area contributed by atoms with Gasteiger partial charge in [0.25, 0.3) is 0 Å². The van der Waals surface area contributed by atoms with E-state index in [1.54, 1.807) is 0 Å². The predicted octanol–water partition coefficient (Wildman–Crippen LogP) is 0.532. The molecular weight excluding hydrogens is 249 g/mol. The molecule has 17 heavy (non-hydrogen) atoms. The van der Waals surface area contributed by atoms with Crippen LogP contribution in [-0.4, -0.2) is 33.8 Å². The normalized spacial score (nSPS) is 11.2. The molecule has 0 aromatic heterocycles. The molecule has 0 amide bonds. The number of nitrogens with one attached hydrogen (secondary N) is 1. The van der Waals surface area contributed by atoms with E-state index in [-0.39, 0.29) is 18.7 Å². The zero-order chi connectivity index (χ0) is 12.9. The molecule has 0 spiro atoms. The lowest BCUT2D eigenvalue weighted by Crippen LogP contribution is -2.26. The van der Waals surface area contributed by atoms with Gasteiger partial charge in [-0.1, -0.05) is 0 Å². The molecule has 0 bridgehead atoms. The standard InChI is InChI=1S/C10H12FNO4S/c1-17(14,15)12-6-7-16-10(13)8-2-4-9(11)5-3-8/h2-5,12H,6-7H2,1H3. The summed E-state index contributed by atoms with van der Waals surface area (Å²) in [6.45, 7) is -0.0744. The predicted molar refractivity (Wildman–Crippen MR) is 59.5 cm³/mol. The van der Waals surface area contributed by atoms with E-state index in [9.17, 15) is 17.6 Å². The molecule has 0 unspecified atom stereocenters. The fourth-order valence-corrected chi connectivity index (χ4v) is 1.49. The van der Waals surface area contributed by atoms with Crippen LogP contribution in [0.2, 0.25) is 0 Å². The molecule has 0 radical (unpaired) electrons. The van der Waals surface area contributed by atoms with Crippen molar-refractivity contribution in [2.45, 2.75) is 0 Å². The molecule has 0 fully saturated rings. The molecule has 5 nitrogen and oxygen atoms in total. The summed E-state index contributed by atoms with van der Waals surface area (Å²) < 4.78 is 40.9. The molecule has 0 heterocycles. The minimum atomic E-state index is -3.28. The Kier molecular flexibility index (Phi) is 4.59. The molecule has 7 heteroatoms. The maximum absolute atomic E-state index is 12.6. The lowest BCUT2D eigenvalue weighted by atomic mass is 10.2. The summed E-state index contributed by atoms with van der Waals surface area (Å²) >= 11 is 0. The van der Waals surface area contributed by atoms with Crippen LogP contribution in [0.1, 0.15) is 10.4 Å². The lowest BCUT2D eigenvalue weighted by molar-refractivity contribution is 0.0513. The Morgan fingerprint density at radius 1 is 1.35 bits per heavy atom. The van der Waals surface area contributed by atoms with Gasteiger partial charge in [-0.3, -0.25) is 0 Å². The number of carbonyl (C=O) groups is 1. The minimum Gasteiger partial charge on any atom is -0.461 e. The molecule has 0 atom stereocenters. The number of hydrogen-bond donors (Lipinski definition) is 1. The Morgan fingerprint density at radius 2 is 1.94 bits per heavy atom. The molecule has 0 aliphatic heterocycles. The Hall–Kier alpha value is -1.47. The van der Waals surface area contributed by atoms with Crippen LogP contribution in [0.4, 0.5) is 4.39 Å². The topological polar surface area (TPSA) is 72.5 Å². The van der Waals surface area contributed by atoms with Crippen LogP contribution in [0.3, 0.4) is 0 Å². The first kappa shape index (κ1) is 13.6. The van der Waals surface area contributed by atoms with Crippen molar-refractivity contribution in [3.05, 3.63) is 35.6 Å². The molecule has 0 aliphatic rings. The maximum Gasteiger partial charge on any atom is 0.338 e. The van der Waals surface area contributed by atoms with E-state index in [2.05, 4.69) is 4.72 Å². The van der Waals surface area contributed by atoms with Gasteiger partial charge in [-0.05, 0) is 24.3 Å². The van der Waals surface area contributed by atoms with Crippen molar-refractivity contribution in [3.63, 3.8) is 0 Å². The quantitative estimate of drug-likeness (QED) is 0.620. The van der Waals surface area contributed by atoms with E-state index in [0.29, 0.717) is 0 Å². The molecule has 1 aromatic carbocycles. The number of carbonyl (C=O) groups excluding carboxylic acids is 1. The molecule has 94 valence electrons. The van der Waals surface area contributed by atoms with E-state index in [1.165, 1.54) is 12.1 Å². The first-order valence-electron chi connectivity index (χ1n) is 4.76. The first-order chi connectivity index (χ1) is 7.88. The number of halogens is 1. The highest BCUT2D eigenvalue weighted by Gasteiger charge is 2.07. The Labute approximate surface area is 98.6 Å². The Bertz CT molecular complexity index is 484. The van der Waals surface area contributed by atoms with Gasteiger partial charge in [0.2, 0.25) is 10.0 Å². The van der Waals surface area contributed by atoms with E-state index in [1.807, 2.05) is 0 Å². The molecule has 1 N–H and O–H groups in total. The fraction of sp³-hybridized carbons (Fsp3) is 0.300. The first-order valence-corrected chi connectivity index (χ1v) is 6.65. The van der Waals surface area contributed by atoms with E-state index < -0.39 is 21.8 Å². The number of esters is 1. The molecule has 0 saturated carbocycles. The zero-order valence-corrected chi connectivity index (χ0v) is 9.96. The molecule has 0 aliphatic carbocycles. The molecule has 1 rings (SSSR count). The van der Waals surface area contributed by atoms with Crippen molar-refractivity contribution in [3.8, 4) is 0 Å². The smallest absolute Gasteiger partial charge is 0.338 e. The second kappa shape index (κ2) is 5.74. The van der Waals surface area contributed by atoms with Crippen molar-refractivity contribution in [2.24, 2.45) is 0 Å². The van der Waals surface area contributed by atoms with E-state index >= 15 is 0 Å². The average Bonchev–Trinajstić information content (AvgIpc) is 2.24. The number of benzene rings is 1.